The number of amides is 1. The van der Waals surface area contributed by atoms with Crippen molar-refractivity contribution in [2.24, 2.45) is 5.92 Å². The number of carboxylic acids is 1. The minimum absolute atomic E-state index is 0.0707. The number of likely N-dealkylation sites (tertiary alicyclic amines) is 1. The molecule has 5 heteroatoms. The summed E-state index contributed by atoms with van der Waals surface area (Å²) < 4.78 is 13.5. The Bertz CT molecular complexity index is 542. The number of halogens is 1. The van der Waals surface area contributed by atoms with Gasteiger partial charge in [-0.1, -0.05) is 6.07 Å². The maximum atomic E-state index is 13.5. The van der Waals surface area contributed by atoms with Crippen LogP contribution in [0, 0.1) is 18.7 Å². The predicted octanol–water partition coefficient (Wildman–Crippen LogP) is 2.52. The largest absolute Gasteiger partial charge is 0.481 e. The van der Waals surface area contributed by atoms with E-state index in [1.165, 1.54) is 12.1 Å². The number of nitrogens with zero attached hydrogens (tertiary/aromatic N) is 1. The van der Waals surface area contributed by atoms with Crippen LogP contribution in [-0.4, -0.2) is 28.4 Å². The smallest absolute Gasteiger partial charge is 0.308 e. The van der Waals surface area contributed by atoms with Crippen molar-refractivity contribution in [1.82, 2.24) is 4.90 Å². The fraction of sp³-hybridized carbons (Fsp3) is 0.467. The Morgan fingerprint density at radius 3 is 2.80 bits per heavy atom. The SMILES string of the molecule is CCN1C(=O)CCC(C(=O)O)C1c1cc(F)ccc1C. The fourth-order valence-corrected chi connectivity index (χ4v) is 2.90. The highest BCUT2D eigenvalue weighted by Crippen LogP contribution is 2.38. The molecule has 4 nitrogen and oxygen atoms in total. The molecule has 1 fully saturated rings. The second-order valence-corrected chi connectivity index (χ2v) is 5.11. The van der Waals surface area contributed by atoms with E-state index in [0.29, 0.717) is 18.5 Å². The van der Waals surface area contributed by atoms with Crippen molar-refractivity contribution in [3.05, 3.63) is 35.1 Å². The average molecular weight is 279 g/mol. The monoisotopic (exact) mass is 279 g/mol. The fourth-order valence-electron chi connectivity index (χ4n) is 2.90. The Labute approximate surface area is 117 Å². The van der Waals surface area contributed by atoms with Crippen LogP contribution in [0.2, 0.25) is 0 Å². The molecule has 1 aliphatic heterocycles. The number of aliphatic carboxylic acids is 1. The molecule has 2 rings (SSSR count). The molecule has 20 heavy (non-hydrogen) atoms. The van der Waals surface area contributed by atoms with E-state index in [0.717, 1.165) is 5.56 Å². The van der Waals surface area contributed by atoms with Gasteiger partial charge in [0.15, 0.2) is 0 Å². The second-order valence-electron chi connectivity index (χ2n) is 5.11. The van der Waals surface area contributed by atoms with Gasteiger partial charge >= 0.3 is 5.97 Å². The number of hydrogen-bond donors (Lipinski definition) is 1. The number of carbonyl (C=O) groups is 2. The van der Waals surface area contributed by atoms with Crippen LogP contribution in [0.5, 0.6) is 0 Å². The van der Waals surface area contributed by atoms with Crippen LogP contribution in [0.25, 0.3) is 0 Å². The molecular formula is C15H18FNO3. The first kappa shape index (κ1) is 14.5. The van der Waals surface area contributed by atoms with Crippen LogP contribution < -0.4 is 0 Å². The summed E-state index contributed by atoms with van der Waals surface area (Å²) in [6, 6.07) is 3.72. The normalized spacial score (nSPS) is 22.9. The van der Waals surface area contributed by atoms with Crippen molar-refractivity contribution < 1.29 is 19.1 Å². The highest BCUT2D eigenvalue weighted by molar-refractivity contribution is 5.81. The number of benzene rings is 1. The molecule has 2 unspecified atom stereocenters. The molecule has 108 valence electrons. The third kappa shape index (κ3) is 2.53. The van der Waals surface area contributed by atoms with Crippen molar-refractivity contribution in [1.29, 1.82) is 0 Å². The van der Waals surface area contributed by atoms with E-state index in [4.69, 9.17) is 0 Å². The van der Waals surface area contributed by atoms with Crippen molar-refractivity contribution in [2.75, 3.05) is 6.54 Å². The van der Waals surface area contributed by atoms with Crippen LogP contribution in [0.3, 0.4) is 0 Å². The lowest BCUT2D eigenvalue weighted by atomic mass is 9.82. The summed E-state index contributed by atoms with van der Waals surface area (Å²) in [6.07, 6.45) is 0.529. The van der Waals surface area contributed by atoms with Gasteiger partial charge in [0.1, 0.15) is 5.82 Å². The number of hydrogen-bond acceptors (Lipinski definition) is 2. The highest BCUT2D eigenvalue weighted by Gasteiger charge is 2.40. The number of carbonyl (C=O) groups excluding carboxylic acids is 1. The zero-order chi connectivity index (χ0) is 14.9. The number of carboxylic acid groups (broad SMARTS) is 1. The third-order valence-electron chi connectivity index (χ3n) is 3.92. The summed E-state index contributed by atoms with van der Waals surface area (Å²) in [5.41, 5.74) is 1.39. The molecule has 0 saturated carbocycles. The van der Waals surface area contributed by atoms with E-state index in [2.05, 4.69) is 0 Å². The lowest BCUT2D eigenvalue weighted by Crippen LogP contribution is -2.45. The molecule has 0 radical (unpaired) electrons. The van der Waals surface area contributed by atoms with Gasteiger partial charge in [0.05, 0.1) is 12.0 Å². The first-order chi connectivity index (χ1) is 9.45. The molecule has 1 heterocycles. The van der Waals surface area contributed by atoms with Crippen LogP contribution in [0.15, 0.2) is 18.2 Å². The molecule has 1 amide bonds. The Hall–Kier alpha value is -1.91. The van der Waals surface area contributed by atoms with E-state index in [9.17, 15) is 19.1 Å². The summed E-state index contributed by atoms with van der Waals surface area (Å²) in [6.45, 7) is 4.04. The van der Waals surface area contributed by atoms with Gasteiger partial charge < -0.3 is 10.0 Å². The van der Waals surface area contributed by atoms with Gasteiger partial charge in [-0.25, -0.2) is 4.39 Å². The minimum atomic E-state index is -0.940. The summed E-state index contributed by atoms with van der Waals surface area (Å²) in [5.74, 6) is -2.11. The third-order valence-corrected chi connectivity index (χ3v) is 3.92. The van der Waals surface area contributed by atoms with E-state index >= 15 is 0 Å². The molecule has 0 aliphatic carbocycles. The molecule has 2 atom stereocenters. The van der Waals surface area contributed by atoms with Gasteiger partial charge in [-0.2, -0.15) is 0 Å². The van der Waals surface area contributed by atoms with Crippen LogP contribution in [0.1, 0.15) is 36.9 Å². The topological polar surface area (TPSA) is 57.6 Å². The van der Waals surface area contributed by atoms with Crippen molar-refractivity contribution in [3.8, 4) is 0 Å². The standard InChI is InChI=1S/C15H18FNO3/c1-3-17-13(18)7-6-11(15(19)20)14(17)12-8-10(16)5-4-9(12)2/h4-5,8,11,14H,3,6-7H2,1-2H3,(H,19,20). The molecule has 0 spiro atoms. The molecule has 0 aromatic heterocycles. The highest BCUT2D eigenvalue weighted by atomic mass is 19.1. The summed E-state index contributed by atoms with van der Waals surface area (Å²) in [5, 5.41) is 9.40. The van der Waals surface area contributed by atoms with Crippen LogP contribution >= 0.6 is 0 Å². The molecule has 1 saturated heterocycles. The quantitative estimate of drug-likeness (QED) is 0.925. The maximum Gasteiger partial charge on any atom is 0.308 e. The zero-order valence-electron chi connectivity index (χ0n) is 11.6. The Morgan fingerprint density at radius 2 is 2.20 bits per heavy atom. The average Bonchev–Trinajstić information content (AvgIpc) is 2.40. The minimum Gasteiger partial charge on any atom is -0.481 e. The molecule has 1 N–H and O–H groups in total. The lowest BCUT2D eigenvalue weighted by Gasteiger charge is -2.39. The first-order valence-corrected chi connectivity index (χ1v) is 6.74. The van der Waals surface area contributed by atoms with Crippen molar-refractivity contribution >= 4 is 11.9 Å². The van der Waals surface area contributed by atoms with Gasteiger partial charge in [0.25, 0.3) is 0 Å². The molecule has 1 aromatic rings. The number of piperidine rings is 1. The zero-order valence-corrected chi connectivity index (χ0v) is 11.6. The van der Waals surface area contributed by atoms with Crippen molar-refractivity contribution in [3.63, 3.8) is 0 Å². The van der Waals surface area contributed by atoms with Gasteiger partial charge in [-0.3, -0.25) is 9.59 Å². The molecular weight excluding hydrogens is 261 g/mol. The molecule has 1 aliphatic rings. The van der Waals surface area contributed by atoms with E-state index < -0.39 is 23.7 Å². The second kappa shape index (κ2) is 5.61. The number of aryl methyl sites for hydroxylation is 1. The van der Waals surface area contributed by atoms with Crippen LogP contribution in [-0.2, 0) is 9.59 Å². The van der Waals surface area contributed by atoms with E-state index in [1.807, 2.05) is 6.92 Å². The van der Waals surface area contributed by atoms with Gasteiger partial charge in [-0.15, -0.1) is 0 Å². The summed E-state index contributed by atoms with van der Waals surface area (Å²) in [4.78, 5) is 25.0. The number of rotatable bonds is 3. The lowest BCUT2D eigenvalue weighted by molar-refractivity contribution is -0.151. The Balaban J connectivity index is 2.52. The van der Waals surface area contributed by atoms with Crippen LogP contribution in [0.4, 0.5) is 4.39 Å². The summed E-state index contributed by atoms with van der Waals surface area (Å²) >= 11 is 0. The van der Waals surface area contributed by atoms with Crippen molar-refractivity contribution in [2.45, 2.75) is 32.7 Å². The van der Waals surface area contributed by atoms with Gasteiger partial charge in [0.2, 0.25) is 5.91 Å². The first-order valence-electron chi connectivity index (χ1n) is 6.74. The van der Waals surface area contributed by atoms with Gasteiger partial charge in [-0.05, 0) is 43.5 Å². The summed E-state index contributed by atoms with van der Waals surface area (Å²) in [7, 11) is 0. The van der Waals surface area contributed by atoms with E-state index in [1.54, 1.807) is 17.9 Å². The van der Waals surface area contributed by atoms with Gasteiger partial charge in [0, 0.05) is 13.0 Å². The molecule has 0 bridgehead atoms. The maximum absolute atomic E-state index is 13.5. The molecule has 1 aromatic carbocycles. The predicted molar refractivity (Wildman–Crippen MR) is 71.6 cm³/mol. The Morgan fingerprint density at radius 1 is 1.50 bits per heavy atom. The van der Waals surface area contributed by atoms with E-state index in [-0.39, 0.29) is 12.3 Å². The Kier molecular flexibility index (Phi) is 4.06.